The molecule has 0 spiro atoms. The van der Waals surface area contributed by atoms with Gasteiger partial charge in [0.25, 0.3) is 0 Å². The van der Waals surface area contributed by atoms with Gasteiger partial charge in [-0.05, 0) is 56.3 Å². The average Bonchev–Trinajstić information content (AvgIpc) is 3.12. The Morgan fingerprint density at radius 3 is 2.29 bits per heavy atom. The molecule has 0 radical (unpaired) electrons. The smallest absolute Gasteiger partial charge is 0.127 e. The van der Waals surface area contributed by atoms with Crippen molar-refractivity contribution in [3.63, 3.8) is 0 Å². The van der Waals surface area contributed by atoms with E-state index in [0.29, 0.717) is 0 Å². The van der Waals surface area contributed by atoms with Crippen LogP contribution in [-0.4, -0.2) is 38.8 Å². The third-order valence-corrected chi connectivity index (χ3v) is 7.16. The molecule has 3 aliphatic carbocycles. The Kier molecular flexibility index (Phi) is 4.10. The molecule has 2 heteroatoms. The lowest BCUT2D eigenvalue weighted by atomic mass is 9.86. The largest absolute Gasteiger partial charge is 0.325 e. The third kappa shape index (κ3) is 3.07. The summed E-state index contributed by atoms with van der Waals surface area (Å²) in [6, 6.07) is 1.01. The monoisotopic (exact) mass is 290 g/mol. The van der Waals surface area contributed by atoms with Crippen LogP contribution < -0.4 is 9.80 Å². The summed E-state index contributed by atoms with van der Waals surface area (Å²) < 4.78 is 0. The van der Waals surface area contributed by atoms with E-state index in [9.17, 15) is 0 Å². The molecule has 2 nitrogen and oxygen atoms in total. The van der Waals surface area contributed by atoms with Crippen molar-refractivity contribution in [1.82, 2.24) is 0 Å². The highest BCUT2D eigenvalue weighted by molar-refractivity contribution is 5.09. The first-order valence-electron chi connectivity index (χ1n) is 9.64. The van der Waals surface area contributed by atoms with Crippen LogP contribution in [0.5, 0.6) is 0 Å². The third-order valence-electron chi connectivity index (χ3n) is 7.16. The molecule has 1 heterocycles. The van der Waals surface area contributed by atoms with E-state index in [-0.39, 0.29) is 0 Å². The Morgan fingerprint density at radius 1 is 0.905 bits per heavy atom. The summed E-state index contributed by atoms with van der Waals surface area (Å²) >= 11 is 0. The van der Waals surface area contributed by atoms with Gasteiger partial charge in [-0.2, -0.15) is 0 Å². The molecule has 21 heavy (non-hydrogen) atoms. The normalized spacial score (nSPS) is 49.7. The fraction of sp³-hybridized carbons (Fsp3) is 0.895. The molecule has 2 saturated carbocycles. The van der Waals surface area contributed by atoms with Crippen LogP contribution in [-0.2, 0) is 0 Å². The quantitative estimate of drug-likeness (QED) is 0.703. The Balaban J connectivity index is 1.23. The molecule has 4 rings (SSSR count). The lowest BCUT2D eigenvalue weighted by Crippen LogP contribution is -3.29. The van der Waals surface area contributed by atoms with E-state index in [1.807, 2.05) is 9.80 Å². The van der Waals surface area contributed by atoms with Gasteiger partial charge in [0, 0.05) is 5.92 Å². The van der Waals surface area contributed by atoms with E-state index in [1.165, 1.54) is 71.2 Å². The topological polar surface area (TPSA) is 8.88 Å². The predicted molar refractivity (Wildman–Crippen MR) is 86.5 cm³/mol. The van der Waals surface area contributed by atoms with E-state index < -0.39 is 0 Å². The van der Waals surface area contributed by atoms with Crippen molar-refractivity contribution in [1.29, 1.82) is 0 Å². The summed E-state index contributed by atoms with van der Waals surface area (Å²) in [6.07, 6.45) is 14.0. The molecule has 118 valence electrons. The van der Waals surface area contributed by atoms with Crippen LogP contribution in [0.1, 0.15) is 45.4 Å². The summed E-state index contributed by atoms with van der Waals surface area (Å²) in [5, 5.41) is 0. The minimum atomic E-state index is 0.952. The van der Waals surface area contributed by atoms with Gasteiger partial charge >= 0.3 is 0 Å². The van der Waals surface area contributed by atoms with Crippen LogP contribution in [0.2, 0.25) is 0 Å². The Bertz CT molecular complexity index is 375. The number of hydrogen-bond donors (Lipinski definition) is 2. The van der Waals surface area contributed by atoms with Gasteiger partial charge in [-0.3, -0.25) is 0 Å². The van der Waals surface area contributed by atoms with Crippen molar-refractivity contribution in [3.05, 3.63) is 12.2 Å². The summed E-state index contributed by atoms with van der Waals surface area (Å²) in [7, 11) is 0. The lowest BCUT2D eigenvalue weighted by Gasteiger charge is -2.38. The number of rotatable bonds is 3. The van der Waals surface area contributed by atoms with Crippen LogP contribution in [0.25, 0.3) is 0 Å². The number of nitrogens with one attached hydrogen (secondary N) is 2. The van der Waals surface area contributed by atoms with E-state index >= 15 is 0 Å². The van der Waals surface area contributed by atoms with Crippen molar-refractivity contribution >= 4 is 0 Å². The second-order valence-electron chi connectivity index (χ2n) is 8.61. The summed E-state index contributed by atoms with van der Waals surface area (Å²) in [5.41, 5.74) is 0. The first-order chi connectivity index (χ1) is 10.3. The van der Waals surface area contributed by atoms with Gasteiger partial charge < -0.3 is 9.80 Å². The standard InChI is InChI=1S/C19H32N2/c1-15-2-6-19(7-3-15)21-10-8-20(9-11-21)14-18-13-16-4-5-17(18)12-16/h4-5,15-19H,2-3,6-14H2,1H3/p+2/t15?,16-,17+,18+,19?/m1/s1. The van der Waals surface area contributed by atoms with Gasteiger partial charge in [0.05, 0.1) is 12.6 Å². The van der Waals surface area contributed by atoms with Crippen molar-refractivity contribution in [3.8, 4) is 0 Å². The van der Waals surface area contributed by atoms with Gasteiger partial charge in [0.2, 0.25) is 0 Å². The molecule has 1 aliphatic heterocycles. The molecular weight excluding hydrogens is 256 g/mol. The molecule has 3 fully saturated rings. The second-order valence-corrected chi connectivity index (χ2v) is 8.61. The van der Waals surface area contributed by atoms with Crippen LogP contribution in [0.3, 0.4) is 0 Å². The number of hydrogen-bond acceptors (Lipinski definition) is 0. The maximum Gasteiger partial charge on any atom is 0.127 e. The molecule has 2 N–H and O–H groups in total. The van der Waals surface area contributed by atoms with Gasteiger partial charge in [-0.1, -0.05) is 19.1 Å². The molecule has 0 unspecified atom stereocenters. The molecule has 4 aliphatic rings. The minimum absolute atomic E-state index is 0.952. The summed E-state index contributed by atoms with van der Waals surface area (Å²) in [5.74, 6) is 3.92. The van der Waals surface area contributed by atoms with Gasteiger partial charge in [0.15, 0.2) is 0 Å². The number of allylic oxidation sites excluding steroid dienone is 2. The van der Waals surface area contributed by atoms with Crippen LogP contribution in [0, 0.1) is 23.7 Å². The van der Waals surface area contributed by atoms with Crippen LogP contribution >= 0.6 is 0 Å². The zero-order valence-corrected chi connectivity index (χ0v) is 13.8. The highest BCUT2D eigenvalue weighted by Crippen LogP contribution is 2.42. The predicted octanol–water partition coefficient (Wildman–Crippen LogP) is 0.561. The Morgan fingerprint density at radius 2 is 1.67 bits per heavy atom. The molecule has 3 atom stereocenters. The average molecular weight is 290 g/mol. The summed E-state index contributed by atoms with van der Waals surface area (Å²) in [6.45, 7) is 9.70. The van der Waals surface area contributed by atoms with Crippen LogP contribution in [0.4, 0.5) is 0 Å². The molecule has 0 amide bonds. The molecule has 1 saturated heterocycles. The van der Waals surface area contributed by atoms with Crippen molar-refractivity contribution in [2.24, 2.45) is 23.7 Å². The van der Waals surface area contributed by atoms with Gasteiger partial charge in [0.1, 0.15) is 26.2 Å². The van der Waals surface area contributed by atoms with Crippen molar-refractivity contribution in [2.75, 3.05) is 32.7 Å². The van der Waals surface area contributed by atoms with Gasteiger partial charge in [-0.15, -0.1) is 0 Å². The summed E-state index contributed by atoms with van der Waals surface area (Å²) in [4.78, 5) is 3.88. The lowest BCUT2D eigenvalue weighted by molar-refractivity contribution is -1.03. The first kappa shape index (κ1) is 14.3. The van der Waals surface area contributed by atoms with E-state index in [2.05, 4.69) is 19.1 Å². The van der Waals surface area contributed by atoms with Crippen molar-refractivity contribution < 1.29 is 9.80 Å². The minimum Gasteiger partial charge on any atom is -0.325 e. The van der Waals surface area contributed by atoms with Crippen molar-refractivity contribution in [2.45, 2.75) is 51.5 Å². The number of fused-ring (bicyclic) bond motifs is 2. The maximum absolute atomic E-state index is 2.53. The molecule has 0 aromatic carbocycles. The maximum atomic E-state index is 2.53. The Labute approximate surface area is 130 Å². The zero-order valence-electron chi connectivity index (χ0n) is 13.8. The second kappa shape index (κ2) is 6.04. The molecule has 0 aromatic rings. The van der Waals surface area contributed by atoms with Gasteiger partial charge in [-0.25, -0.2) is 0 Å². The fourth-order valence-electron chi connectivity index (χ4n) is 5.71. The zero-order chi connectivity index (χ0) is 14.2. The first-order valence-corrected chi connectivity index (χ1v) is 9.64. The molecular formula is C19H34N2+2. The highest BCUT2D eigenvalue weighted by Gasteiger charge is 2.39. The molecule has 2 bridgehead atoms. The highest BCUT2D eigenvalue weighted by atomic mass is 15.3. The number of piperazine rings is 1. The number of quaternary nitrogens is 2. The Hall–Kier alpha value is -0.340. The molecule has 0 aromatic heterocycles. The fourth-order valence-corrected chi connectivity index (χ4v) is 5.71. The SMILES string of the molecule is CC1CCC([NH+]2CC[NH+](C[C@@H]3C[C@@H]4C=C[C@H]3C4)CC2)CC1. The van der Waals surface area contributed by atoms with E-state index in [4.69, 9.17) is 0 Å². The van der Waals surface area contributed by atoms with Crippen LogP contribution in [0.15, 0.2) is 12.2 Å². The van der Waals surface area contributed by atoms with E-state index in [1.54, 1.807) is 0 Å². The van der Waals surface area contributed by atoms with E-state index in [0.717, 1.165) is 29.7 Å².